The average Bonchev–Trinajstić information content (AvgIpc) is 2.46. The van der Waals surface area contributed by atoms with E-state index in [2.05, 4.69) is 62.0 Å². The molecule has 118 valence electrons. The van der Waals surface area contributed by atoms with Gasteiger partial charge in [-0.25, -0.2) is 0 Å². The molecule has 0 aliphatic rings. The zero-order valence-corrected chi connectivity index (χ0v) is 15.9. The van der Waals surface area contributed by atoms with Crippen LogP contribution < -0.4 is 5.32 Å². The van der Waals surface area contributed by atoms with E-state index in [1.165, 1.54) is 11.1 Å². The molecule has 0 atom stereocenters. The third kappa shape index (κ3) is 5.43. The van der Waals surface area contributed by atoms with Crippen molar-refractivity contribution in [1.29, 1.82) is 0 Å². The van der Waals surface area contributed by atoms with Gasteiger partial charge in [0.05, 0.1) is 0 Å². The molecule has 0 saturated heterocycles. The summed E-state index contributed by atoms with van der Waals surface area (Å²) in [5.74, 6) is 0.517. The van der Waals surface area contributed by atoms with Crippen molar-refractivity contribution in [3.05, 3.63) is 71.6 Å². The zero-order chi connectivity index (χ0) is 15.9. The summed E-state index contributed by atoms with van der Waals surface area (Å²) in [6, 6.07) is 16.6. The Morgan fingerprint density at radius 1 is 1.09 bits per heavy atom. The number of rotatable bonds is 6. The molecule has 0 aliphatic carbocycles. The normalized spacial score (nSPS) is 11.2. The molecule has 0 fully saturated rings. The minimum atomic E-state index is -1.81. The van der Waals surface area contributed by atoms with Crippen LogP contribution in [0.2, 0.25) is 0 Å². The number of anilines is 1. The summed E-state index contributed by atoms with van der Waals surface area (Å²) in [5, 5.41) is 3.53. The summed E-state index contributed by atoms with van der Waals surface area (Å²) >= 11 is -1.81. The fourth-order valence-electron chi connectivity index (χ4n) is 2.23. The quantitative estimate of drug-likeness (QED) is 0.473. The van der Waals surface area contributed by atoms with Crippen molar-refractivity contribution in [3.8, 4) is 0 Å². The van der Waals surface area contributed by atoms with E-state index in [-0.39, 0.29) is 0 Å². The first-order chi connectivity index (χ1) is 10.6. The second-order valence-corrected chi connectivity index (χ2v) is 11.1. The molecule has 0 heterocycles. The molecule has 22 heavy (non-hydrogen) atoms. The van der Waals surface area contributed by atoms with Crippen molar-refractivity contribution in [3.63, 3.8) is 0 Å². The van der Waals surface area contributed by atoms with Gasteiger partial charge in [-0.2, -0.15) is 0 Å². The fraction of sp³-hybridized carbons (Fsp3) is 0.222. The van der Waals surface area contributed by atoms with Crippen molar-refractivity contribution >= 4 is 29.7 Å². The summed E-state index contributed by atoms with van der Waals surface area (Å²) in [5.41, 5.74) is 4.73. The van der Waals surface area contributed by atoms with E-state index >= 15 is 0 Å². The van der Waals surface area contributed by atoms with Crippen LogP contribution in [0.4, 0.5) is 5.69 Å². The van der Waals surface area contributed by atoms with Crippen molar-refractivity contribution < 1.29 is 13.5 Å². The second kappa shape index (κ2) is 8.72. The fourth-order valence-corrected chi connectivity index (χ4v) is 4.11. The van der Waals surface area contributed by atoms with E-state index < -0.39 is 13.5 Å². The van der Waals surface area contributed by atoms with Crippen molar-refractivity contribution in [2.24, 2.45) is 5.92 Å². The monoisotopic (exact) mass is 422 g/mol. The van der Waals surface area contributed by atoms with E-state index in [1.807, 2.05) is 16.7 Å². The molecular weight excluding hydrogens is 402 g/mol. The first kappa shape index (κ1) is 17.5. The van der Waals surface area contributed by atoms with Gasteiger partial charge < -0.3 is 0 Å². The first-order valence-electron chi connectivity index (χ1n) is 7.15. The zero-order valence-electron chi connectivity index (χ0n) is 12.7. The number of nitrogens with one attached hydrogen (secondary N) is 1. The number of halogens is 2. The predicted molar refractivity (Wildman–Crippen MR) is 95.3 cm³/mol. The van der Waals surface area contributed by atoms with Crippen LogP contribution in [0.5, 0.6) is 0 Å². The van der Waals surface area contributed by atoms with Gasteiger partial charge in [-0.1, -0.05) is 0 Å². The van der Waals surface area contributed by atoms with Gasteiger partial charge in [-0.05, 0) is 0 Å². The number of para-hydroxylation sites is 1. The molecule has 4 heteroatoms. The van der Waals surface area contributed by atoms with Crippen LogP contribution in [0.1, 0.15) is 30.5 Å². The molecule has 0 aromatic heterocycles. The van der Waals surface area contributed by atoms with Crippen LogP contribution in [-0.2, 0) is 20.1 Å². The van der Waals surface area contributed by atoms with Crippen LogP contribution in [-0.4, -0.2) is 4.61 Å². The molecule has 2 rings (SSSR count). The molecule has 0 bridgehead atoms. The molecule has 0 aliphatic heterocycles. The Morgan fingerprint density at radius 3 is 2.50 bits per heavy atom. The Balaban J connectivity index is 2.16. The number of benzene rings is 2. The van der Waals surface area contributed by atoms with Gasteiger partial charge in [0.1, 0.15) is 0 Å². The van der Waals surface area contributed by atoms with Gasteiger partial charge >= 0.3 is 146 Å². The van der Waals surface area contributed by atoms with E-state index in [1.54, 1.807) is 0 Å². The van der Waals surface area contributed by atoms with Crippen molar-refractivity contribution in [1.82, 2.24) is 0 Å². The summed E-state index contributed by atoms with van der Waals surface area (Å²) in [4.78, 5) is 0. The van der Waals surface area contributed by atoms with E-state index in [0.29, 0.717) is 5.92 Å². The molecule has 0 amide bonds. The SMILES string of the molecule is CC(C)[CH+]c1ccccc1NCc1ccccc1[CH]=[Ru]([Cl])[Cl]. The van der Waals surface area contributed by atoms with Gasteiger partial charge in [-0.15, -0.1) is 0 Å². The van der Waals surface area contributed by atoms with Gasteiger partial charge in [0.2, 0.25) is 0 Å². The van der Waals surface area contributed by atoms with E-state index in [4.69, 9.17) is 19.4 Å². The molecule has 2 aromatic carbocycles. The predicted octanol–water partition coefficient (Wildman–Crippen LogP) is 5.58. The Bertz CT molecular complexity index is 649. The third-order valence-electron chi connectivity index (χ3n) is 3.19. The second-order valence-electron chi connectivity index (χ2n) is 5.36. The molecule has 0 radical (unpaired) electrons. The van der Waals surface area contributed by atoms with Crippen LogP contribution in [0.15, 0.2) is 48.5 Å². The van der Waals surface area contributed by atoms with E-state index in [0.717, 1.165) is 17.8 Å². The van der Waals surface area contributed by atoms with Gasteiger partial charge in [-0.3, -0.25) is 0 Å². The molecule has 1 nitrogen and oxygen atoms in total. The Labute approximate surface area is 146 Å². The topological polar surface area (TPSA) is 12.0 Å². The maximum absolute atomic E-state index is 6.01. The summed E-state index contributed by atoms with van der Waals surface area (Å²) < 4.78 is 2.00. The Morgan fingerprint density at radius 2 is 1.77 bits per heavy atom. The van der Waals surface area contributed by atoms with Crippen LogP contribution in [0.25, 0.3) is 0 Å². The first-order valence-corrected chi connectivity index (χ1v) is 12.6. The van der Waals surface area contributed by atoms with Gasteiger partial charge in [0.15, 0.2) is 0 Å². The molecule has 0 unspecified atom stereocenters. The van der Waals surface area contributed by atoms with Crippen LogP contribution >= 0.6 is 19.4 Å². The number of hydrogen-bond acceptors (Lipinski definition) is 1. The third-order valence-corrected chi connectivity index (χ3v) is 5.02. The standard InChI is InChI=1S/C18H20N.2ClH.Ru/c1-14(2)12-16-9-6-7-11-18(16)19-13-17-10-5-4-8-15(17)3;;;/h3-12,14,19H,13H2,1-2H3;2*1H;/q+1;;;+2/p-2. The van der Waals surface area contributed by atoms with E-state index in [9.17, 15) is 0 Å². The molecule has 1 N–H and O–H groups in total. The molecule has 2 aromatic rings. The average molecular weight is 422 g/mol. The van der Waals surface area contributed by atoms with Crippen molar-refractivity contribution in [2.45, 2.75) is 20.4 Å². The van der Waals surface area contributed by atoms with Crippen LogP contribution in [0.3, 0.4) is 0 Å². The minimum absolute atomic E-state index is 0.517. The Hall–Kier alpha value is -0.817. The molecule has 0 saturated carbocycles. The Kier molecular flexibility index (Phi) is 6.95. The van der Waals surface area contributed by atoms with Gasteiger partial charge in [0, 0.05) is 0 Å². The summed E-state index contributed by atoms with van der Waals surface area (Å²) in [6.07, 6.45) is 2.26. The number of hydrogen-bond donors (Lipinski definition) is 1. The summed E-state index contributed by atoms with van der Waals surface area (Å²) in [6.45, 7) is 5.13. The summed E-state index contributed by atoms with van der Waals surface area (Å²) in [7, 11) is 12.0. The molecular formula is C18H20Cl2NRu+. The molecule has 0 spiro atoms. The van der Waals surface area contributed by atoms with Crippen LogP contribution in [0, 0.1) is 12.3 Å². The van der Waals surface area contributed by atoms with Crippen molar-refractivity contribution in [2.75, 3.05) is 5.32 Å². The van der Waals surface area contributed by atoms with Gasteiger partial charge in [0.25, 0.3) is 0 Å². The maximum atomic E-state index is 6.01.